The van der Waals surface area contributed by atoms with Crippen molar-refractivity contribution in [2.24, 2.45) is 0 Å². The molecule has 1 amide bonds. The zero-order chi connectivity index (χ0) is 18.2. The van der Waals surface area contributed by atoms with E-state index in [1.54, 1.807) is 0 Å². The van der Waals surface area contributed by atoms with Gasteiger partial charge >= 0.3 is 0 Å². The van der Waals surface area contributed by atoms with Crippen LogP contribution in [0.25, 0.3) is 0 Å². The van der Waals surface area contributed by atoms with Gasteiger partial charge < -0.3 is 15.7 Å². The summed E-state index contributed by atoms with van der Waals surface area (Å²) in [4.78, 5) is 10.9. The molecule has 0 bridgehead atoms. The van der Waals surface area contributed by atoms with Gasteiger partial charge in [-0.05, 0) is 37.0 Å². The summed E-state index contributed by atoms with van der Waals surface area (Å²) >= 11 is 0. The number of benzene rings is 2. The molecule has 0 aliphatic rings. The summed E-state index contributed by atoms with van der Waals surface area (Å²) in [6.45, 7) is 6.82. The Morgan fingerprint density at radius 2 is 1.84 bits per heavy atom. The predicted octanol–water partition coefficient (Wildman–Crippen LogP) is 3.06. The van der Waals surface area contributed by atoms with E-state index in [2.05, 4.69) is 41.8 Å². The van der Waals surface area contributed by atoms with Crippen LogP contribution in [0.2, 0.25) is 0 Å². The maximum atomic E-state index is 10.9. The Hall–Kier alpha value is -2.17. The van der Waals surface area contributed by atoms with Gasteiger partial charge in [0.25, 0.3) is 0 Å². The number of carbonyl (C=O) groups excluding carboxylic acids is 1. The molecule has 2 unspecified atom stereocenters. The normalized spacial score (nSPS) is 13.3. The highest BCUT2D eigenvalue weighted by Gasteiger charge is 2.11. The molecule has 4 heteroatoms. The molecule has 0 spiro atoms. The maximum Gasteiger partial charge on any atom is 0.216 e. The fourth-order valence-electron chi connectivity index (χ4n) is 2.76. The lowest BCUT2D eigenvalue weighted by atomic mass is 10.0. The summed E-state index contributed by atoms with van der Waals surface area (Å²) < 4.78 is 0. The van der Waals surface area contributed by atoms with Crippen molar-refractivity contribution >= 4 is 5.91 Å². The van der Waals surface area contributed by atoms with Crippen LogP contribution in [0.15, 0.2) is 48.5 Å². The van der Waals surface area contributed by atoms with Crippen LogP contribution < -0.4 is 10.6 Å². The first-order chi connectivity index (χ1) is 12.0. The second-order valence-electron chi connectivity index (χ2n) is 6.53. The number of aliphatic hydroxyl groups excluding tert-OH is 1. The van der Waals surface area contributed by atoms with Crippen LogP contribution in [-0.4, -0.2) is 24.1 Å². The van der Waals surface area contributed by atoms with Crippen molar-refractivity contribution in [2.45, 2.75) is 39.3 Å². The smallest absolute Gasteiger partial charge is 0.216 e. The third-order valence-corrected chi connectivity index (χ3v) is 4.31. The van der Waals surface area contributed by atoms with Crippen molar-refractivity contribution in [1.82, 2.24) is 10.6 Å². The summed E-state index contributed by atoms with van der Waals surface area (Å²) in [6.07, 6.45) is 0.313. The summed E-state index contributed by atoms with van der Waals surface area (Å²) in [5.41, 5.74) is 4.47. The topological polar surface area (TPSA) is 61.4 Å². The number of hydrogen-bond donors (Lipinski definition) is 3. The van der Waals surface area contributed by atoms with Gasteiger partial charge in [-0.2, -0.15) is 0 Å². The molecular weight excluding hydrogens is 312 g/mol. The van der Waals surface area contributed by atoms with Crippen molar-refractivity contribution in [1.29, 1.82) is 0 Å². The quantitative estimate of drug-likeness (QED) is 0.692. The van der Waals surface area contributed by atoms with Gasteiger partial charge in [0.1, 0.15) is 0 Å². The number of hydrogen-bond acceptors (Lipinski definition) is 3. The number of aliphatic hydroxyl groups is 1. The Morgan fingerprint density at radius 1 is 1.12 bits per heavy atom. The predicted molar refractivity (Wildman–Crippen MR) is 101 cm³/mol. The molecule has 2 atom stereocenters. The SMILES string of the molecule is CC(=O)NCCc1ccc(C(C)NCC(O)c2cccc(C)c2)cc1. The largest absolute Gasteiger partial charge is 0.387 e. The third-order valence-electron chi connectivity index (χ3n) is 4.31. The minimum absolute atomic E-state index is 0.00149. The molecule has 4 nitrogen and oxygen atoms in total. The molecule has 134 valence electrons. The standard InChI is InChI=1S/C21H28N2O2/c1-15-5-4-6-20(13-15)21(25)14-23-16(2)19-9-7-18(8-10-19)11-12-22-17(3)24/h4-10,13,16,21,23,25H,11-12,14H2,1-3H3,(H,22,24). The van der Waals surface area contributed by atoms with Gasteiger partial charge in [0.05, 0.1) is 6.10 Å². The van der Waals surface area contributed by atoms with Crippen LogP contribution in [0.5, 0.6) is 0 Å². The van der Waals surface area contributed by atoms with Crippen molar-refractivity contribution in [2.75, 3.05) is 13.1 Å². The Balaban J connectivity index is 1.84. The highest BCUT2D eigenvalue weighted by molar-refractivity contribution is 5.72. The van der Waals surface area contributed by atoms with Crippen molar-refractivity contribution in [3.8, 4) is 0 Å². The molecule has 0 aliphatic heterocycles. The second kappa shape index (κ2) is 9.35. The number of rotatable bonds is 8. The van der Waals surface area contributed by atoms with E-state index in [0.717, 1.165) is 17.5 Å². The van der Waals surface area contributed by atoms with Gasteiger partial charge in [-0.3, -0.25) is 4.79 Å². The first-order valence-corrected chi connectivity index (χ1v) is 8.77. The fourth-order valence-corrected chi connectivity index (χ4v) is 2.76. The van der Waals surface area contributed by atoms with Crippen LogP contribution in [0, 0.1) is 6.92 Å². The number of amides is 1. The van der Waals surface area contributed by atoms with E-state index in [9.17, 15) is 9.90 Å². The van der Waals surface area contributed by atoms with Crippen LogP contribution in [0.1, 0.15) is 48.2 Å². The van der Waals surface area contributed by atoms with Gasteiger partial charge in [0.2, 0.25) is 5.91 Å². The molecule has 0 heterocycles. The van der Waals surface area contributed by atoms with Crippen LogP contribution in [-0.2, 0) is 11.2 Å². The van der Waals surface area contributed by atoms with Gasteiger partial charge in [0, 0.05) is 26.1 Å². The lowest BCUT2D eigenvalue weighted by molar-refractivity contribution is -0.118. The molecule has 25 heavy (non-hydrogen) atoms. The fraction of sp³-hybridized carbons (Fsp3) is 0.381. The van der Waals surface area contributed by atoms with Crippen molar-refractivity contribution in [3.05, 3.63) is 70.8 Å². The van der Waals surface area contributed by atoms with Crippen LogP contribution >= 0.6 is 0 Å². The summed E-state index contributed by atoms with van der Waals surface area (Å²) in [6, 6.07) is 16.5. The van der Waals surface area contributed by atoms with E-state index in [4.69, 9.17) is 0 Å². The van der Waals surface area contributed by atoms with E-state index in [0.29, 0.717) is 13.1 Å². The van der Waals surface area contributed by atoms with Gasteiger partial charge in [0.15, 0.2) is 0 Å². The number of carbonyl (C=O) groups is 1. The zero-order valence-electron chi connectivity index (χ0n) is 15.3. The Morgan fingerprint density at radius 3 is 2.48 bits per heavy atom. The Labute approximate surface area is 150 Å². The molecule has 2 rings (SSSR count). The monoisotopic (exact) mass is 340 g/mol. The van der Waals surface area contributed by atoms with E-state index in [-0.39, 0.29) is 11.9 Å². The molecule has 0 fully saturated rings. The van der Waals surface area contributed by atoms with Crippen LogP contribution in [0.3, 0.4) is 0 Å². The lowest BCUT2D eigenvalue weighted by Gasteiger charge is -2.18. The third kappa shape index (κ3) is 6.33. The first-order valence-electron chi connectivity index (χ1n) is 8.77. The Bertz CT molecular complexity index is 683. The average Bonchev–Trinajstić information content (AvgIpc) is 2.59. The number of nitrogens with one attached hydrogen (secondary N) is 2. The van der Waals surface area contributed by atoms with Gasteiger partial charge in [-0.15, -0.1) is 0 Å². The van der Waals surface area contributed by atoms with E-state index in [1.807, 2.05) is 31.2 Å². The highest BCUT2D eigenvalue weighted by Crippen LogP contribution is 2.17. The second-order valence-corrected chi connectivity index (χ2v) is 6.53. The maximum absolute atomic E-state index is 10.9. The Kier molecular flexibility index (Phi) is 7.16. The van der Waals surface area contributed by atoms with Gasteiger partial charge in [-0.25, -0.2) is 0 Å². The van der Waals surface area contributed by atoms with E-state index >= 15 is 0 Å². The lowest BCUT2D eigenvalue weighted by Crippen LogP contribution is -2.25. The molecule has 2 aromatic carbocycles. The summed E-state index contributed by atoms with van der Waals surface area (Å²) in [7, 11) is 0. The van der Waals surface area contributed by atoms with Crippen molar-refractivity contribution < 1.29 is 9.90 Å². The minimum Gasteiger partial charge on any atom is -0.387 e. The molecule has 0 radical (unpaired) electrons. The molecule has 0 aromatic heterocycles. The summed E-state index contributed by atoms with van der Waals surface area (Å²) in [5, 5.41) is 16.5. The molecule has 3 N–H and O–H groups in total. The first kappa shape index (κ1) is 19.2. The molecular formula is C21H28N2O2. The van der Waals surface area contributed by atoms with E-state index in [1.165, 1.54) is 18.1 Å². The molecule has 0 saturated heterocycles. The number of aryl methyl sites for hydroxylation is 1. The molecule has 2 aromatic rings. The molecule has 0 saturated carbocycles. The highest BCUT2D eigenvalue weighted by atomic mass is 16.3. The van der Waals surface area contributed by atoms with E-state index < -0.39 is 6.10 Å². The summed E-state index contributed by atoms with van der Waals surface area (Å²) in [5.74, 6) is 0.00149. The van der Waals surface area contributed by atoms with Crippen molar-refractivity contribution in [3.63, 3.8) is 0 Å². The van der Waals surface area contributed by atoms with Crippen LogP contribution in [0.4, 0.5) is 0 Å². The van der Waals surface area contributed by atoms with Gasteiger partial charge in [-0.1, -0.05) is 54.1 Å². The zero-order valence-corrected chi connectivity index (χ0v) is 15.3. The minimum atomic E-state index is -0.515. The average molecular weight is 340 g/mol. The molecule has 0 aliphatic carbocycles.